The average molecular weight is 272 g/mol. The molecule has 1 aromatic carbocycles. The van der Waals surface area contributed by atoms with Crippen LogP contribution in [-0.2, 0) is 5.66 Å². The number of ether oxygens (including phenoxy) is 1. The Kier molecular flexibility index (Phi) is 3.11. The largest absolute Gasteiger partial charge is 0.573 e. The van der Waals surface area contributed by atoms with Crippen LogP contribution in [0.2, 0.25) is 0 Å². The summed E-state index contributed by atoms with van der Waals surface area (Å²) in [4.78, 5) is 4.00. The molecule has 1 aromatic rings. The molecule has 0 fully saturated rings. The first-order valence-electron chi connectivity index (χ1n) is 5.23. The molecule has 8 heteroatoms. The summed E-state index contributed by atoms with van der Waals surface area (Å²) in [7, 11) is 0. The van der Waals surface area contributed by atoms with E-state index in [1.54, 1.807) is 6.08 Å². The summed E-state index contributed by atoms with van der Waals surface area (Å²) in [6.45, 7) is 0. The minimum atomic E-state index is -4.72. The second kappa shape index (κ2) is 4.47. The molecule has 1 heterocycles. The van der Waals surface area contributed by atoms with Crippen molar-refractivity contribution in [2.45, 2.75) is 12.0 Å². The molecule has 0 spiro atoms. The molecule has 1 atom stereocenters. The van der Waals surface area contributed by atoms with Gasteiger partial charge in [0.2, 0.25) is 0 Å². The second-order valence-electron chi connectivity index (χ2n) is 3.87. The average Bonchev–Trinajstić information content (AvgIpc) is 2.27. The fraction of sp³-hybridized carbons (Fsp3) is 0.182. The highest BCUT2D eigenvalue weighted by Gasteiger charge is 2.31. The van der Waals surface area contributed by atoms with Gasteiger partial charge in [-0.2, -0.15) is 0 Å². The molecule has 102 valence electrons. The third-order valence-electron chi connectivity index (χ3n) is 2.42. The minimum absolute atomic E-state index is 0.126. The van der Waals surface area contributed by atoms with Crippen molar-refractivity contribution in [3.63, 3.8) is 0 Å². The van der Waals surface area contributed by atoms with Crippen LogP contribution in [-0.4, -0.2) is 12.3 Å². The van der Waals surface area contributed by atoms with E-state index in [9.17, 15) is 13.2 Å². The van der Waals surface area contributed by atoms with E-state index in [1.165, 1.54) is 30.5 Å². The van der Waals surface area contributed by atoms with Gasteiger partial charge in [0.15, 0.2) is 11.6 Å². The minimum Gasteiger partial charge on any atom is -0.406 e. The zero-order valence-electron chi connectivity index (χ0n) is 9.61. The first kappa shape index (κ1) is 13.2. The number of nitrogens with zero attached hydrogens (tertiary/aromatic N) is 1. The molecule has 1 unspecified atom stereocenters. The first-order valence-corrected chi connectivity index (χ1v) is 5.23. The zero-order chi connectivity index (χ0) is 14.1. The molecule has 0 aromatic heterocycles. The van der Waals surface area contributed by atoms with E-state index in [1.807, 2.05) is 0 Å². The molecular formula is C11H11F3N4O. The Morgan fingerprint density at radius 2 is 1.84 bits per heavy atom. The van der Waals surface area contributed by atoms with Gasteiger partial charge in [-0.15, -0.1) is 13.2 Å². The van der Waals surface area contributed by atoms with E-state index in [2.05, 4.69) is 15.0 Å². The van der Waals surface area contributed by atoms with Crippen LogP contribution >= 0.6 is 0 Å². The predicted octanol–water partition coefficient (Wildman–Crippen LogP) is 1.13. The van der Waals surface area contributed by atoms with Gasteiger partial charge in [0.1, 0.15) is 5.75 Å². The van der Waals surface area contributed by atoms with Crippen molar-refractivity contribution in [2.24, 2.45) is 16.5 Å². The van der Waals surface area contributed by atoms with Crippen LogP contribution in [0.3, 0.4) is 0 Å². The fourth-order valence-corrected chi connectivity index (χ4v) is 1.61. The molecule has 1 aliphatic rings. The van der Waals surface area contributed by atoms with Crippen molar-refractivity contribution in [3.8, 4) is 5.75 Å². The summed E-state index contributed by atoms with van der Waals surface area (Å²) in [6, 6.07) is 5.12. The predicted molar refractivity (Wildman–Crippen MR) is 62.9 cm³/mol. The number of benzene rings is 1. The summed E-state index contributed by atoms with van der Waals surface area (Å²) in [5.41, 5.74) is 10.8. The monoisotopic (exact) mass is 272 g/mol. The standard InChI is InChI=1S/C11H11F3N4O/c12-11(13,14)19-8-3-1-7(2-4-8)10(16)5-6-17-9(15)18-10/h1-6H,16H2,(H3,15,17,18). The Morgan fingerprint density at radius 3 is 2.37 bits per heavy atom. The molecule has 0 bridgehead atoms. The van der Waals surface area contributed by atoms with Gasteiger partial charge in [-0.05, 0) is 23.8 Å². The zero-order valence-corrected chi connectivity index (χ0v) is 9.61. The lowest BCUT2D eigenvalue weighted by Gasteiger charge is -2.25. The molecule has 0 saturated heterocycles. The van der Waals surface area contributed by atoms with Gasteiger partial charge < -0.3 is 15.8 Å². The molecule has 19 heavy (non-hydrogen) atoms. The lowest BCUT2D eigenvalue weighted by Crippen LogP contribution is -2.42. The maximum absolute atomic E-state index is 12.0. The van der Waals surface area contributed by atoms with Crippen LogP contribution in [0.1, 0.15) is 5.56 Å². The smallest absolute Gasteiger partial charge is 0.406 e. The Morgan fingerprint density at radius 1 is 1.21 bits per heavy atom. The molecule has 0 saturated carbocycles. The van der Waals surface area contributed by atoms with Crippen molar-refractivity contribution in [1.29, 1.82) is 0 Å². The van der Waals surface area contributed by atoms with Crippen molar-refractivity contribution >= 4 is 5.96 Å². The molecule has 0 amide bonds. The third kappa shape index (κ3) is 3.16. The lowest BCUT2D eigenvalue weighted by atomic mass is 10.0. The Hall–Kier alpha value is -2.22. The highest BCUT2D eigenvalue weighted by molar-refractivity contribution is 5.80. The lowest BCUT2D eigenvalue weighted by molar-refractivity contribution is -0.274. The van der Waals surface area contributed by atoms with Crippen LogP contribution < -0.4 is 21.5 Å². The van der Waals surface area contributed by atoms with Crippen LogP contribution in [0, 0.1) is 0 Å². The molecular weight excluding hydrogens is 261 g/mol. The highest BCUT2D eigenvalue weighted by atomic mass is 19.4. The quantitative estimate of drug-likeness (QED) is 0.753. The Labute approximate surface area is 106 Å². The van der Waals surface area contributed by atoms with Gasteiger partial charge in [0, 0.05) is 6.20 Å². The first-order chi connectivity index (χ1) is 8.78. The van der Waals surface area contributed by atoms with E-state index in [-0.39, 0.29) is 11.7 Å². The van der Waals surface area contributed by atoms with Gasteiger partial charge >= 0.3 is 6.36 Å². The van der Waals surface area contributed by atoms with Crippen LogP contribution in [0.5, 0.6) is 5.75 Å². The number of alkyl halides is 3. The number of hydrogen-bond donors (Lipinski definition) is 3. The van der Waals surface area contributed by atoms with Crippen molar-refractivity contribution in [1.82, 2.24) is 5.32 Å². The number of halogens is 3. The Bertz CT molecular complexity index is 524. The van der Waals surface area contributed by atoms with Crippen LogP contribution in [0.25, 0.3) is 0 Å². The van der Waals surface area contributed by atoms with Gasteiger partial charge in [-0.3, -0.25) is 5.73 Å². The summed E-state index contributed by atoms with van der Waals surface area (Å²) >= 11 is 0. The normalized spacial score (nSPS) is 22.6. The second-order valence-corrected chi connectivity index (χ2v) is 3.87. The molecule has 5 N–H and O–H groups in total. The maximum atomic E-state index is 12.0. The number of rotatable bonds is 2. The summed E-state index contributed by atoms with van der Waals surface area (Å²) < 4.78 is 39.8. The van der Waals surface area contributed by atoms with Gasteiger partial charge in [-0.25, -0.2) is 4.99 Å². The van der Waals surface area contributed by atoms with Crippen molar-refractivity contribution in [3.05, 3.63) is 42.1 Å². The van der Waals surface area contributed by atoms with Gasteiger partial charge in [-0.1, -0.05) is 12.1 Å². The molecule has 1 aliphatic heterocycles. The maximum Gasteiger partial charge on any atom is 0.573 e. The SMILES string of the molecule is NC1=NC(N)(c2ccc(OC(F)(F)F)cc2)C=CN1. The van der Waals surface area contributed by atoms with Crippen LogP contribution in [0.15, 0.2) is 41.5 Å². The fourth-order valence-electron chi connectivity index (χ4n) is 1.61. The summed E-state index contributed by atoms with van der Waals surface area (Å²) in [6.07, 6.45) is -1.66. The van der Waals surface area contributed by atoms with E-state index >= 15 is 0 Å². The van der Waals surface area contributed by atoms with Crippen LogP contribution in [0.4, 0.5) is 13.2 Å². The van der Waals surface area contributed by atoms with E-state index < -0.39 is 12.0 Å². The van der Waals surface area contributed by atoms with Gasteiger partial charge in [0.05, 0.1) is 0 Å². The number of aliphatic imine (C=N–C) groups is 1. The number of nitrogens with one attached hydrogen (secondary N) is 1. The molecule has 5 nitrogen and oxygen atoms in total. The van der Waals surface area contributed by atoms with E-state index in [4.69, 9.17) is 11.5 Å². The van der Waals surface area contributed by atoms with E-state index in [0.29, 0.717) is 5.56 Å². The molecule has 2 rings (SSSR count). The highest BCUT2D eigenvalue weighted by Crippen LogP contribution is 2.27. The topological polar surface area (TPSA) is 85.7 Å². The van der Waals surface area contributed by atoms with Crippen molar-refractivity contribution < 1.29 is 17.9 Å². The number of guanidine groups is 1. The number of hydrogen-bond acceptors (Lipinski definition) is 5. The number of nitrogens with two attached hydrogens (primary N) is 2. The molecule has 0 aliphatic carbocycles. The third-order valence-corrected chi connectivity index (χ3v) is 2.42. The van der Waals surface area contributed by atoms with Crippen molar-refractivity contribution in [2.75, 3.05) is 0 Å². The summed E-state index contributed by atoms with van der Waals surface area (Å²) in [5, 5.41) is 2.64. The Balaban J connectivity index is 2.23. The summed E-state index contributed by atoms with van der Waals surface area (Å²) in [5.74, 6) is -0.199. The van der Waals surface area contributed by atoms with Gasteiger partial charge in [0.25, 0.3) is 0 Å². The molecule has 0 radical (unpaired) electrons. The van der Waals surface area contributed by atoms with E-state index in [0.717, 1.165) is 0 Å².